The minimum atomic E-state index is -1.11. The monoisotopic (exact) mass is 380 g/mol. The van der Waals surface area contributed by atoms with Crippen LogP contribution in [0.15, 0.2) is 47.8 Å². The van der Waals surface area contributed by atoms with Crippen LogP contribution in [0, 0.1) is 6.92 Å². The van der Waals surface area contributed by atoms with Crippen molar-refractivity contribution in [1.29, 1.82) is 0 Å². The first-order valence-electron chi connectivity index (χ1n) is 8.89. The zero-order valence-electron chi connectivity index (χ0n) is 15.7. The van der Waals surface area contributed by atoms with Gasteiger partial charge in [0, 0.05) is 23.3 Å². The summed E-state index contributed by atoms with van der Waals surface area (Å²) in [6, 6.07) is 14.2. The summed E-state index contributed by atoms with van der Waals surface area (Å²) in [7, 11) is 0. The van der Waals surface area contributed by atoms with Crippen molar-refractivity contribution in [3.8, 4) is 16.3 Å². The minimum absolute atomic E-state index is 0.155. The second kappa shape index (κ2) is 8.35. The van der Waals surface area contributed by atoms with Crippen molar-refractivity contribution in [3.63, 3.8) is 0 Å². The van der Waals surface area contributed by atoms with Gasteiger partial charge in [0.25, 0.3) is 0 Å². The number of carbonyl (C=O) groups excluding carboxylic acids is 1. The summed E-state index contributed by atoms with van der Waals surface area (Å²) in [5.41, 5.74) is 5.14. The van der Waals surface area contributed by atoms with Crippen molar-refractivity contribution < 1.29 is 14.6 Å². The summed E-state index contributed by atoms with van der Waals surface area (Å²) >= 11 is 1.43. The molecule has 2 aromatic carbocycles. The molecule has 0 saturated heterocycles. The molecular weight excluding hydrogens is 358 g/mol. The predicted octanol–water partition coefficient (Wildman–Crippen LogP) is 4.11. The van der Waals surface area contributed by atoms with E-state index in [-0.39, 0.29) is 6.42 Å². The first kappa shape index (κ1) is 19.1. The van der Waals surface area contributed by atoms with E-state index in [1.54, 1.807) is 5.38 Å². The number of aryl methyl sites for hydroxylation is 1. The number of carboxylic acid groups (broad SMARTS) is 1. The van der Waals surface area contributed by atoms with Gasteiger partial charge in [-0.25, -0.2) is 4.98 Å². The van der Waals surface area contributed by atoms with Crippen LogP contribution in [0.4, 0.5) is 0 Å². The molecule has 3 aromatic rings. The Balaban J connectivity index is 1.63. The Morgan fingerprint density at radius 3 is 2.56 bits per heavy atom. The maximum Gasteiger partial charge on any atom is 0.123 e. The van der Waals surface area contributed by atoms with Crippen molar-refractivity contribution in [2.45, 2.75) is 39.7 Å². The van der Waals surface area contributed by atoms with Gasteiger partial charge in [-0.3, -0.25) is 0 Å². The number of benzene rings is 2. The molecule has 1 heterocycles. The van der Waals surface area contributed by atoms with Crippen LogP contribution in [-0.2, 0) is 17.8 Å². The highest BCUT2D eigenvalue weighted by Crippen LogP contribution is 2.26. The van der Waals surface area contributed by atoms with Crippen LogP contribution in [0.2, 0.25) is 0 Å². The van der Waals surface area contributed by atoms with Crippen molar-refractivity contribution in [2.75, 3.05) is 0 Å². The lowest BCUT2D eigenvalue weighted by Gasteiger charge is -2.12. The smallest absolute Gasteiger partial charge is 0.123 e. The number of carboxylic acids is 1. The molecule has 0 saturated carbocycles. The van der Waals surface area contributed by atoms with Gasteiger partial charge in [-0.2, -0.15) is 0 Å². The largest absolute Gasteiger partial charge is 0.550 e. The van der Waals surface area contributed by atoms with E-state index in [4.69, 9.17) is 4.74 Å². The molecule has 0 bridgehead atoms. The Hall–Kier alpha value is -2.66. The number of nitrogens with zero attached hydrogens (tertiary/aromatic N) is 1. The molecule has 0 spiro atoms. The van der Waals surface area contributed by atoms with Crippen molar-refractivity contribution in [1.82, 2.24) is 4.98 Å². The molecule has 0 fully saturated rings. The van der Waals surface area contributed by atoms with Crippen LogP contribution < -0.4 is 9.84 Å². The van der Waals surface area contributed by atoms with E-state index in [0.717, 1.165) is 21.9 Å². The van der Waals surface area contributed by atoms with E-state index in [1.165, 1.54) is 22.5 Å². The van der Waals surface area contributed by atoms with E-state index >= 15 is 0 Å². The van der Waals surface area contributed by atoms with Gasteiger partial charge in [-0.15, -0.1) is 11.3 Å². The molecule has 0 aliphatic heterocycles. The van der Waals surface area contributed by atoms with Crippen LogP contribution in [0.5, 0.6) is 5.75 Å². The quantitative estimate of drug-likeness (QED) is 0.619. The Kier molecular flexibility index (Phi) is 5.91. The first-order valence-corrected chi connectivity index (χ1v) is 9.77. The van der Waals surface area contributed by atoms with E-state index in [1.807, 2.05) is 30.3 Å². The maximum absolute atomic E-state index is 10.7. The van der Waals surface area contributed by atoms with E-state index in [2.05, 4.69) is 37.9 Å². The molecule has 1 aromatic heterocycles. The molecule has 5 heteroatoms. The molecule has 0 radical (unpaired) electrons. The van der Waals surface area contributed by atoms with E-state index in [0.29, 0.717) is 18.2 Å². The highest BCUT2D eigenvalue weighted by molar-refractivity contribution is 7.13. The first-order chi connectivity index (χ1) is 12.9. The lowest BCUT2D eigenvalue weighted by Crippen LogP contribution is -2.24. The predicted molar refractivity (Wildman–Crippen MR) is 106 cm³/mol. The van der Waals surface area contributed by atoms with Crippen LogP contribution in [0.25, 0.3) is 10.6 Å². The van der Waals surface area contributed by atoms with Crippen LogP contribution in [-0.4, -0.2) is 11.0 Å². The molecule has 0 aliphatic rings. The fraction of sp³-hybridized carbons (Fsp3) is 0.273. The van der Waals surface area contributed by atoms with Gasteiger partial charge >= 0.3 is 0 Å². The van der Waals surface area contributed by atoms with E-state index < -0.39 is 5.97 Å². The van der Waals surface area contributed by atoms with Gasteiger partial charge in [0.05, 0.1) is 5.69 Å². The molecular formula is C22H22NO3S-. The van der Waals surface area contributed by atoms with Crippen LogP contribution in [0.1, 0.15) is 42.1 Å². The SMILES string of the molecule is Cc1cc(OCc2ccc(-c3nc(CC(=O)[O-])cs3)cc2)ccc1C(C)C. The van der Waals surface area contributed by atoms with Gasteiger partial charge in [0.1, 0.15) is 17.4 Å². The molecule has 0 aliphatic carbocycles. The third kappa shape index (κ3) is 4.95. The highest BCUT2D eigenvalue weighted by Gasteiger charge is 2.07. The number of ether oxygens (including phenoxy) is 1. The minimum Gasteiger partial charge on any atom is -0.550 e. The summed E-state index contributed by atoms with van der Waals surface area (Å²) in [6.45, 7) is 6.98. The van der Waals surface area contributed by atoms with Gasteiger partial charge in [-0.1, -0.05) is 44.2 Å². The molecule has 27 heavy (non-hydrogen) atoms. The van der Waals surface area contributed by atoms with Crippen molar-refractivity contribution >= 4 is 17.3 Å². The molecule has 0 unspecified atom stereocenters. The third-order valence-electron chi connectivity index (χ3n) is 4.35. The maximum atomic E-state index is 10.7. The number of carbonyl (C=O) groups is 1. The van der Waals surface area contributed by atoms with Crippen LogP contribution >= 0.6 is 11.3 Å². The molecule has 0 amide bonds. The molecule has 140 valence electrons. The van der Waals surface area contributed by atoms with E-state index in [9.17, 15) is 9.90 Å². The number of hydrogen-bond acceptors (Lipinski definition) is 5. The topological polar surface area (TPSA) is 62.2 Å². The summed E-state index contributed by atoms with van der Waals surface area (Å²) in [6.07, 6.45) is -0.155. The number of hydrogen-bond donors (Lipinski definition) is 0. The second-order valence-corrected chi connectivity index (χ2v) is 7.71. The highest BCUT2D eigenvalue weighted by atomic mass is 32.1. The fourth-order valence-corrected chi connectivity index (χ4v) is 3.79. The van der Waals surface area contributed by atoms with Crippen molar-refractivity contribution in [2.24, 2.45) is 0 Å². The number of thiazole rings is 1. The van der Waals surface area contributed by atoms with Crippen LogP contribution in [0.3, 0.4) is 0 Å². The molecule has 0 atom stereocenters. The van der Waals surface area contributed by atoms with Gasteiger partial charge in [0.15, 0.2) is 0 Å². The third-order valence-corrected chi connectivity index (χ3v) is 5.29. The molecule has 3 rings (SSSR count). The van der Waals surface area contributed by atoms with Gasteiger partial charge in [-0.05, 0) is 41.7 Å². The summed E-state index contributed by atoms with van der Waals surface area (Å²) in [5, 5.41) is 13.2. The summed E-state index contributed by atoms with van der Waals surface area (Å²) < 4.78 is 5.92. The summed E-state index contributed by atoms with van der Waals surface area (Å²) in [4.78, 5) is 15.0. The fourth-order valence-electron chi connectivity index (χ4n) is 2.96. The molecule has 0 N–H and O–H groups in total. The number of rotatable bonds is 7. The van der Waals surface area contributed by atoms with Crippen molar-refractivity contribution in [3.05, 3.63) is 70.2 Å². The lowest BCUT2D eigenvalue weighted by molar-refractivity contribution is -0.304. The number of aromatic nitrogens is 1. The van der Waals surface area contributed by atoms with Gasteiger partial charge < -0.3 is 14.6 Å². The lowest BCUT2D eigenvalue weighted by atomic mass is 9.98. The van der Waals surface area contributed by atoms with Gasteiger partial charge in [0.2, 0.25) is 0 Å². The zero-order valence-corrected chi connectivity index (χ0v) is 16.5. The number of aliphatic carboxylic acids is 1. The average molecular weight is 380 g/mol. The second-order valence-electron chi connectivity index (χ2n) is 6.85. The zero-order chi connectivity index (χ0) is 19.4. The Labute approximate surface area is 163 Å². The molecule has 4 nitrogen and oxygen atoms in total. The average Bonchev–Trinajstić information content (AvgIpc) is 3.08. The Morgan fingerprint density at radius 2 is 1.93 bits per heavy atom. The Bertz CT molecular complexity index is 929. The Morgan fingerprint density at radius 1 is 1.19 bits per heavy atom. The normalized spacial score (nSPS) is 11.0. The standard InChI is InChI=1S/C22H23NO3S/c1-14(2)20-9-8-19(10-15(20)3)26-12-16-4-6-17(7-5-16)22-23-18(13-27-22)11-21(24)25/h4-10,13-14H,11-12H2,1-3H3,(H,24,25)/p-1. The summed E-state index contributed by atoms with van der Waals surface area (Å²) in [5.74, 6) is 0.258.